The largest absolute Gasteiger partial charge is 0.451 e. The van der Waals surface area contributed by atoms with Gasteiger partial charge >= 0.3 is 0 Å². The fourth-order valence-electron chi connectivity index (χ4n) is 9.84. The van der Waals surface area contributed by atoms with Crippen molar-refractivity contribution in [2.45, 2.75) is 84.7 Å². The fraction of sp³-hybridized carbons (Fsp3) is 0.659. The summed E-state index contributed by atoms with van der Waals surface area (Å²) in [5.41, 5.74) is 0.378. The van der Waals surface area contributed by atoms with Crippen LogP contribution in [0.3, 0.4) is 0 Å². The van der Waals surface area contributed by atoms with E-state index in [1.807, 2.05) is 32.6 Å². The number of carbonyl (C=O) groups excluding carboxylic acids is 2. The molecule has 2 aromatic rings. The number of ether oxygens (including phenoxy) is 1. The standard InChI is InChI=1S/C41H59FN8O5S/c1-6-37(51)46-20-13-40(26-46)14-21-49(22-15-40)56(53,54)48-16-9-32(10-17-48)25-45-18-11-41(12-19-45)27-47(28-41)38-36(24-43-29-44-38)55-35-8-7-33(42)23-34(35)39(52)50(30(2)3)31(4)5/h6-8,23-24,29-32H,1,9-22,25-28H2,2-5H3. The molecule has 0 unspecified atom stereocenters. The van der Waals surface area contributed by atoms with Gasteiger partial charge in [0.05, 0.1) is 11.8 Å². The lowest BCUT2D eigenvalue weighted by Gasteiger charge is -2.54. The molecule has 2 spiro atoms. The molecular formula is C41H59FN8O5S. The molecule has 15 heteroatoms. The number of aromatic nitrogens is 2. The van der Waals surface area contributed by atoms with Gasteiger partial charge in [-0.3, -0.25) is 9.59 Å². The van der Waals surface area contributed by atoms with E-state index in [-0.39, 0.29) is 46.0 Å². The SMILES string of the molecule is C=CC(=O)N1CCC2(CCN(S(=O)(=O)N3CCC(CN4CCC5(CC4)CN(c4ncncc4Oc4ccc(F)cc4C(=O)N(C(C)C)C(C)C)C5)CC3)CC2)C1. The molecule has 0 aliphatic carbocycles. The second-order valence-electron chi connectivity index (χ2n) is 17.5. The van der Waals surface area contributed by atoms with Crippen molar-refractivity contribution < 1.29 is 27.1 Å². The number of carbonyl (C=O) groups is 2. The van der Waals surface area contributed by atoms with Gasteiger partial charge in [-0.05, 0) is 121 Å². The van der Waals surface area contributed by atoms with Gasteiger partial charge in [0.1, 0.15) is 17.9 Å². The molecule has 56 heavy (non-hydrogen) atoms. The van der Waals surface area contributed by atoms with Crippen LogP contribution in [-0.2, 0) is 15.0 Å². The molecule has 7 rings (SSSR count). The molecule has 0 bridgehead atoms. The van der Waals surface area contributed by atoms with Crippen molar-refractivity contribution in [1.29, 1.82) is 0 Å². The third-order valence-corrected chi connectivity index (χ3v) is 15.2. The zero-order valence-electron chi connectivity index (χ0n) is 33.5. The van der Waals surface area contributed by atoms with E-state index in [4.69, 9.17) is 4.74 Å². The molecule has 1 aromatic carbocycles. The molecule has 0 saturated carbocycles. The number of halogens is 1. The van der Waals surface area contributed by atoms with E-state index in [9.17, 15) is 22.4 Å². The summed E-state index contributed by atoms with van der Waals surface area (Å²) in [5.74, 6) is 1.01. The van der Waals surface area contributed by atoms with Crippen LogP contribution in [0.4, 0.5) is 10.2 Å². The van der Waals surface area contributed by atoms with Crippen LogP contribution < -0.4 is 9.64 Å². The Morgan fingerprint density at radius 3 is 2.18 bits per heavy atom. The number of benzene rings is 1. The minimum atomic E-state index is -3.50. The molecule has 13 nitrogen and oxygen atoms in total. The number of amides is 2. The van der Waals surface area contributed by atoms with Gasteiger partial charge in [-0.25, -0.2) is 14.4 Å². The van der Waals surface area contributed by atoms with Crippen LogP contribution in [0.2, 0.25) is 0 Å². The average Bonchev–Trinajstić information content (AvgIpc) is 3.58. The summed E-state index contributed by atoms with van der Waals surface area (Å²) in [6, 6.07) is 3.89. The van der Waals surface area contributed by atoms with Gasteiger partial charge in [0.2, 0.25) is 5.91 Å². The number of piperidine rings is 3. The molecule has 5 fully saturated rings. The Morgan fingerprint density at radius 2 is 1.54 bits per heavy atom. The Balaban J connectivity index is 0.877. The van der Waals surface area contributed by atoms with E-state index in [2.05, 4.69) is 26.3 Å². The second kappa shape index (κ2) is 16.3. The van der Waals surface area contributed by atoms with E-state index in [0.29, 0.717) is 50.2 Å². The third kappa shape index (κ3) is 8.32. The molecular weight excluding hydrogens is 736 g/mol. The van der Waals surface area contributed by atoms with Crippen molar-refractivity contribution in [3.8, 4) is 11.5 Å². The summed E-state index contributed by atoms with van der Waals surface area (Å²) in [4.78, 5) is 42.8. The number of nitrogens with zero attached hydrogens (tertiary/aromatic N) is 8. The van der Waals surface area contributed by atoms with Gasteiger partial charge in [-0.1, -0.05) is 6.58 Å². The van der Waals surface area contributed by atoms with Crippen molar-refractivity contribution in [1.82, 2.24) is 33.3 Å². The Hall–Kier alpha value is -3.66. The molecule has 6 heterocycles. The predicted molar refractivity (Wildman–Crippen MR) is 213 cm³/mol. The highest BCUT2D eigenvalue weighted by Gasteiger charge is 2.47. The zero-order chi connectivity index (χ0) is 39.8. The minimum Gasteiger partial charge on any atom is -0.451 e. The first kappa shape index (κ1) is 40.5. The van der Waals surface area contributed by atoms with Gasteiger partial charge in [0, 0.05) is 76.4 Å². The van der Waals surface area contributed by atoms with Crippen LogP contribution in [0.1, 0.15) is 83.0 Å². The predicted octanol–water partition coefficient (Wildman–Crippen LogP) is 5.03. The molecule has 306 valence electrons. The van der Waals surface area contributed by atoms with E-state index in [1.54, 1.807) is 19.7 Å². The average molecular weight is 795 g/mol. The van der Waals surface area contributed by atoms with Crippen LogP contribution in [0, 0.1) is 22.6 Å². The first-order valence-electron chi connectivity index (χ1n) is 20.5. The molecule has 2 amide bonds. The van der Waals surface area contributed by atoms with Crippen LogP contribution in [-0.4, -0.2) is 138 Å². The Labute approximate surface area is 332 Å². The van der Waals surface area contributed by atoms with Gasteiger partial charge in [0.25, 0.3) is 16.1 Å². The summed E-state index contributed by atoms with van der Waals surface area (Å²) < 4.78 is 51.4. The van der Waals surface area contributed by atoms with Crippen LogP contribution in [0.5, 0.6) is 11.5 Å². The van der Waals surface area contributed by atoms with Crippen LogP contribution in [0.25, 0.3) is 0 Å². The van der Waals surface area contributed by atoms with Gasteiger partial charge in [-0.2, -0.15) is 17.0 Å². The Morgan fingerprint density at radius 1 is 0.911 bits per heavy atom. The normalized spacial score (nSPS) is 22.2. The second-order valence-corrected chi connectivity index (χ2v) is 19.4. The van der Waals surface area contributed by atoms with E-state index >= 15 is 0 Å². The zero-order valence-corrected chi connectivity index (χ0v) is 34.4. The summed E-state index contributed by atoms with van der Waals surface area (Å²) in [5, 5.41) is 0. The monoisotopic (exact) mass is 794 g/mol. The molecule has 1 aromatic heterocycles. The molecule has 0 atom stereocenters. The molecule has 0 radical (unpaired) electrons. The van der Waals surface area contributed by atoms with E-state index in [1.165, 1.54) is 30.6 Å². The van der Waals surface area contributed by atoms with Gasteiger partial charge in [-0.15, -0.1) is 0 Å². The van der Waals surface area contributed by atoms with Crippen molar-refractivity contribution >= 4 is 27.8 Å². The Bertz CT molecular complexity index is 1850. The van der Waals surface area contributed by atoms with Crippen molar-refractivity contribution in [2.24, 2.45) is 16.7 Å². The lowest BCUT2D eigenvalue weighted by atomic mass is 9.72. The third-order valence-electron chi connectivity index (χ3n) is 13.1. The molecule has 5 saturated heterocycles. The highest BCUT2D eigenvalue weighted by Crippen LogP contribution is 2.46. The number of likely N-dealkylation sites (tertiary alicyclic amines) is 2. The topological polar surface area (TPSA) is 123 Å². The lowest BCUT2D eigenvalue weighted by molar-refractivity contribution is -0.125. The maximum absolute atomic E-state index is 14.4. The summed E-state index contributed by atoms with van der Waals surface area (Å²) >= 11 is 0. The van der Waals surface area contributed by atoms with E-state index in [0.717, 1.165) is 84.2 Å². The molecule has 0 N–H and O–H groups in total. The van der Waals surface area contributed by atoms with Gasteiger partial charge in [0.15, 0.2) is 11.6 Å². The maximum Gasteiger partial charge on any atom is 0.281 e. The molecule has 5 aliphatic rings. The number of rotatable bonds is 11. The Kier molecular flexibility index (Phi) is 11.8. The fourth-order valence-corrected chi connectivity index (χ4v) is 11.5. The van der Waals surface area contributed by atoms with Crippen molar-refractivity contribution in [2.75, 3.05) is 76.9 Å². The quantitative estimate of drug-likeness (QED) is 0.289. The van der Waals surface area contributed by atoms with Crippen LogP contribution >= 0.6 is 0 Å². The van der Waals surface area contributed by atoms with Crippen LogP contribution in [0.15, 0.2) is 43.4 Å². The first-order chi connectivity index (χ1) is 26.7. The molecule has 5 aliphatic heterocycles. The van der Waals surface area contributed by atoms with Crippen molar-refractivity contribution in [3.63, 3.8) is 0 Å². The summed E-state index contributed by atoms with van der Waals surface area (Å²) in [6.07, 6.45) is 10.9. The maximum atomic E-state index is 14.4. The van der Waals surface area contributed by atoms with Gasteiger partial charge < -0.3 is 24.3 Å². The van der Waals surface area contributed by atoms with Crippen molar-refractivity contribution in [3.05, 3.63) is 54.8 Å². The van der Waals surface area contributed by atoms with E-state index < -0.39 is 16.0 Å². The minimum absolute atomic E-state index is 0.0251. The number of hydrogen-bond acceptors (Lipinski definition) is 9. The summed E-state index contributed by atoms with van der Waals surface area (Å²) in [7, 11) is -3.50. The highest BCUT2D eigenvalue weighted by molar-refractivity contribution is 7.86. The smallest absolute Gasteiger partial charge is 0.281 e. The first-order valence-corrected chi connectivity index (χ1v) is 21.9. The summed E-state index contributed by atoms with van der Waals surface area (Å²) in [6.45, 7) is 19.7. The number of hydrogen-bond donors (Lipinski definition) is 0. The number of anilines is 1. The highest BCUT2D eigenvalue weighted by atomic mass is 32.2. The lowest BCUT2D eigenvalue weighted by Crippen LogP contribution is -2.61.